The van der Waals surface area contributed by atoms with Crippen molar-refractivity contribution in [3.63, 3.8) is 0 Å². The Kier molecular flexibility index (Phi) is 6.90. The number of rotatable bonds is 3. The first-order valence-corrected chi connectivity index (χ1v) is 13.2. The van der Waals surface area contributed by atoms with Gasteiger partial charge < -0.3 is 28.1 Å². The highest BCUT2D eigenvalue weighted by molar-refractivity contribution is 6.30. The topological polar surface area (TPSA) is 132 Å². The zero-order valence-corrected chi connectivity index (χ0v) is 22.5. The molecule has 2 aromatic heterocycles. The number of esters is 2. The molecule has 0 radical (unpaired) electrons. The van der Waals surface area contributed by atoms with Gasteiger partial charge in [-0.3, -0.25) is 0 Å². The van der Waals surface area contributed by atoms with E-state index in [0.29, 0.717) is 35.1 Å². The Hall–Kier alpha value is -4.74. The Bertz CT molecular complexity index is 1890. The maximum atomic E-state index is 12.9. The summed E-state index contributed by atoms with van der Waals surface area (Å²) in [5.74, 6) is -1.83. The van der Waals surface area contributed by atoms with Crippen molar-refractivity contribution in [1.82, 2.24) is 9.88 Å². The Morgan fingerprint density at radius 1 is 0.829 bits per heavy atom. The summed E-state index contributed by atoms with van der Waals surface area (Å²) < 4.78 is 22.5. The highest BCUT2D eigenvalue weighted by atomic mass is 35.5. The largest absolute Gasteiger partial charge is 0.419 e. The summed E-state index contributed by atoms with van der Waals surface area (Å²) in [6, 6.07) is 10.00. The van der Waals surface area contributed by atoms with Gasteiger partial charge in [0, 0.05) is 67.1 Å². The number of anilines is 1. The molecule has 4 aromatic rings. The molecule has 12 heteroatoms. The van der Waals surface area contributed by atoms with Crippen molar-refractivity contribution in [3.05, 3.63) is 80.5 Å². The number of benzene rings is 2. The second-order valence-electron chi connectivity index (χ2n) is 9.35. The van der Waals surface area contributed by atoms with E-state index in [9.17, 15) is 19.2 Å². The summed E-state index contributed by atoms with van der Waals surface area (Å²) in [4.78, 5) is 59.7. The number of ether oxygens (including phenoxy) is 2. The van der Waals surface area contributed by atoms with Crippen molar-refractivity contribution in [2.75, 3.05) is 37.6 Å². The zero-order valence-electron chi connectivity index (χ0n) is 21.7. The number of carbonyl (C=O) groups excluding carboxylic acids is 2. The molecular weight excluding hydrogens is 554 g/mol. The van der Waals surface area contributed by atoms with Gasteiger partial charge in [-0.25, -0.2) is 24.2 Å². The summed E-state index contributed by atoms with van der Waals surface area (Å²) in [7, 11) is 0. The quantitative estimate of drug-likeness (QED) is 0.261. The highest BCUT2D eigenvalue weighted by Gasteiger charge is 2.29. The summed E-state index contributed by atoms with van der Waals surface area (Å²) in [6.07, 6.45) is 1.82. The number of hydrogen-bond acceptors (Lipinski definition) is 11. The number of carbonyl (C=O) groups is 2. The van der Waals surface area contributed by atoms with E-state index < -0.39 is 23.2 Å². The molecule has 6 rings (SSSR count). The third-order valence-corrected chi connectivity index (χ3v) is 7.12. The smallest absolute Gasteiger partial charge is 0.336 e. The third kappa shape index (κ3) is 5.12. The number of halogens is 1. The highest BCUT2D eigenvalue weighted by Crippen LogP contribution is 2.46. The molecular formula is C29H22ClN3O8. The predicted molar refractivity (Wildman–Crippen MR) is 150 cm³/mol. The zero-order chi connectivity index (χ0) is 28.7. The lowest BCUT2D eigenvalue weighted by atomic mass is 9.98. The summed E-state index contributed by atoms with van der Waals surface area (Å²) >= 11 is 6.19. The molecule has 208 valence electrons. The Labute approximate surface area is 236 Å². The maximum Gasteiger partial charge on any atom is 0.336 e. The van der Waals surface area contributed by atoms with Gasteiger partial charge in [0.2, 0.25) is 5.75 Å². The fourth-order valence-electron chi connectivity index (χ4n) is 4.89. The molecule has 41 heavy (non-hydrogen) atoms. The summed E-state index contributed by atoms with van der Waals surface area (Å²) in [5, 5.41) is 0.664. The van der Waals surface area contributed by atoms with E-state index in [1.165, 1.54) is 6.07 Å². The number of pyridine rings is 1. The molecule has 2 aromatic carbocycles. The van der Waals surface area contributed by atoms with Crippen LogP contribution in [-0.4, -0.2) is 54.5 Å². The van der Waals surface area contributed by atoms with Gasteiger partial charge in [0.1, 0.15) is 0 Å². The summed E-state index contributed by atoms with van der Waals surface area (Å²) in [5.41, 5.74) is -0.756. The Morgan fingerprint density at radius 2 is 1.46 bits per heavy atom. The molecule has 0 aliphatic carbocycles. The van der Waals surface area contributed by atoms with Crippen LogP contribution in [0.15, 0.2) is 73.0 Å². The molecule has 4 heterocycles. The standard InChI is InChI=1S/C29H22ClN3O8/c1-2-32-11-13-33(14-12-32)29-28-24(16-3-5-17(30)6-4-16)25-18(31-29)15-19-26(39-21(35)8-7-20(34)38-19)27(25)40-22(36)9-10-23(37)41-28/h3-10,15H,2,11-14H2,1H3/b8-7-,10-9?. The van der Waals surface area contributed by atoms with E-state index in [1.54, 1.807) is 24.3 Å². The van der Waals surface area contributed by atoms with Crippen LogP contribution in [0.3, 0.4) is 0 Å². The van der Waals surface area contributed by atoms with Crippen LogP contribution < -0.4 is 25.6 Å². The van der Waals surface area contributed by atoms with E-state index in [1.807, 2.05) is 4.90 Å². The first kappa shape index (κ1) is 26.5. The van der Waals surface area contributed by atoms with E-state index >= 15 is 0 Å². The van der Waals surface area contributed by atoms with E-state index in [2.05, 4.69) is 11.8 Å². The van der Waals surface area contributed by atoms with Gasteiger partial charge in [0.05, 0.1) is 10.9 Å². The van der Waals surface area contributed by atoms with Crippen molar-refractivity contribution in [3.8, 4) is 22.6 Å². The molecule has 2 aliphatic rings. The molecule has 1 saturated heterocycles. The molecule has 0 atom stereocenters. The fraction of sp³-hybridized carbons (Fsp3) is 0.207. The van der Waals surface area contributed by atoms with Crippen molar-refractivity contribution in [2.24, 2.45) is 0 Å². The van der Waals surface area contributed by atoms with Crippen LogP contribution in [0, 0.1) is 0 Å². The second kappa shape index (κ2) is 10.7. The SMILES string of the molecule is CCN1CCN(c2nc3cc4c(c5oc(=O)ccc(=O)oc2c(-c2ccc(Cl)cc2)c35)OC(=O)/C=C\C(=O)O4)CC1. The normalized spacial score (nSPS) is 16.5. The molecule has 0 saturated carbocycles. The van der Waals surface area contributed by atoms with Crippen LogP contribution in [-0.2, 0) is 9.59 Å². The van der Waals surface area contributed by atoms with Crippen LogP contribution >= 0.6 is 11.6 Å². The Balaban J connectivity index is 1.81. The van der Waals surface area contributed by atoms with Crippen molar-refractivity contribution in [1.29, 1.82) is 0 Å². The van der Waals surface area contributed by atoms with Gasteiger partial charge in [0.15, 0.2) is 22.7 Å². The van der Waals surface area contributed by atoms with Gasteiger partial charge >= 0.3 is 23.2 Å². The average molecular weight is 576 g/mol. The number of piperazine rings is 1. The van der Waals surface area contributed by atoms with Gasteiger partial charge in [-0.15, -0.1) is 0 Å². The van der Waals surface area contributed by atoms with Crippen molar-refractivity contribution < 1.29 is 27.9 Å². The number of hydrogen-bond donors (Lipinski definition) is 0. The average Bonchev–Trinajstić information content (AvgIpc) is 2.96. The number of likely N-dealkylation sites (N-methyl/N-ethyl adjacent to an activating group) is 1. The van der Waals surface area contributed by atoms with Gasteiger partial charge in [0.25, 0.3) is 0 Å². The monoisotopic (exact) mass is 575 g/mol. The number of nitrogens with zero attached hydrogens (tertiary/aromatic N) is 3. The first-order valence-electron chi connectivity index (χ1n) is 12.8. The van der Waals surface area contributed by atoms with Crippen LogP contribution in [0.4, 0.5) is 5.82 Å². The molecule has 0 N–H and O–H groups in total. The van der Waals surface area contributed by atoms with Crippen molar-refractivity contribution >= 4 is 51.4 Å². The van der Waals surface area contributed by atoms with E-state index in [0.717, 1.165) is 43.9 Å². The van der Waals surface area contributed by atoms with E-state index in [4.69, 9.17) is 34.9 Å². The molecule has 2 aliphatic heterocycles. The van der Waals surface area contributed by atoms with Crippen LogP contribution in [0.25, 0.3) is 33.2 Å². The molecule has 0 unspecified atom stereocenters. The number of aromatic nitrogens is 1. The summed E-state index contributed by atoms with van der Waals surface area (Å²) in [6.45, 7) is 5.68. The van der Waals surface area contributed by atoms with E-state index in [-0.39, 0.29) is 33.6 Å². The molecule has 0 amide bonds. The number of fused-ring (bicyclic) bond motifs is 3. The van der Waals surface area contributed by atoms with Gasteiger partial charge in [-0.1, -0.05) is 30.7 Å². The van der Waals surface area contributed by atoms with Gasteiger partial charge in [-0.05, 0) is 24.2 Å². The fourth-order valence-corrected chi connectivity index (χ4v) is 5.02. The molecule has 11 nitrogen and oxygen atoms in total. The van der Waals surface area contributed by atoms with Crippen LogP contribution in [0.5, 0.6) is 11.5 Å². The lowest BCUT2D eigenvalue weighted by molar-refractivity contribution is -0.133. The molecule has 0 spiro atoms. The van der Waals surface area contributed by atoms with Gasteiger partial charge in [-0.2, -0.15) is 0 Å². The maximum absolute atomic E-state index is 12.9. The van der Waals surface area contributed by atoms with Crippen LogP contribution in [0.1, 0.15) is 6.92 Å². The molecule has 2 bridgehead atoms. The van der Waals surface area contributed by atoms with Crippen LogP contribution in [0.2, 0.25) is 5.02 Å². The minimum atomic E-state index is -0.957. The minimum absolute atomic E-state index is 0.118. The van der Waals surface area contributed by atoms with Crippen molar-refractivity contribution in [2.45, 2.75) is 6.92 Å². The molecule has 1 fully saturated rings. The predicted octanol–water partition coefficient (Wildman–Crippen LogP) is 3.70. The minimum Gasteiger partial charge on any atom is -0.419 e. The lowest BCUT2D eigenvalue weighted by Crippen LogP contribution is -2.46. The first-order chi connectivity index (χ1) is 19.8. The Morgan fingerprint density at radius 3 is 2.12 bits per heavy atom. The lowest BCUT2D eigenvalue weighted by Gasteiger charge is -2.35. The second-order valence-corrected chi connectivity index (χ2v) is 9.78. The third-order valence-electron chi connectivity index (χ3n) is 6.87.